The van der Waals surface area contributed by atoms with Gasteiger partial charge in [0.1, 0.15) is 6.04 Å². The van der Waals surface area contributed by atoms with Gasteiger partial charge in [-0.25, -0.2) is 4.79 Å². The molecule has 0 heterocycles. The van der Waals surface area contributed by atoms with E-state index >= 15 is 0 Å². The lowest BCUT2D eigenvalue weighted by Crippen LogP contribution is -2.42. The molecule has 18 heavy (non-hydrogen) atoms. The minimum Gasteiger partial charge on any atom is -0.467 e. The highest BCUT2D eigenvalue weighted by Gasteiger charge is 2.20. The number of benzene rings is 1. The second kappa shape index (κ2) is 7.28. The molecule has 0 fully saturated rings. The van der Waals surface area contributed by atoms with Crippen LogP contribution in [0.2, 0.25) is 5.02 Å². The van der Waals surface area contributed by atoms with Gasteiger partial charge in [-0.15, -0.1) is 11.8 Å². The van der Waals surface area contributed by atoms with Gasteiger partial charge in [-0.05, 0) is 18.2 Å². The molecule has 1 atom stereocenters. The lowest BCUT2D eigenvalue weighted by atomic mass is 10.3. The minimum atomic E-state index is -0.656. The molecule has 1 amide bonds. The second-order valence-corrected chi connectivity index (χ2v) is 5.07. The fourth-order valence-corrected chi connectivity index (χ4v) is 2.51. The highest BCUT2D eigenvalue weighted by molar-refractivity contribution is 7.99. The summed E-state index contributed by atoms with van der Waals surface area (Å²) in [5.41, 5.74) is 0. The summed E-state index contributed by atoms with van der Waals surface area (Å²) in [7, 11) is 1.29. The van der Waals surface area contributed by atoms with Crippen molar-refractivity contribution in [2.75, 3.05) is 12.9 Å². The largest absolute Gasteiger partial charge is 0.467 e. The Morgan fingerprint density at radius 3 is 2.78 bits per heavy atom. The zero-order valence-corrected chi connectivity index (χ0v) is 11.7. The number of hydrogen-bond acceptors (Lipinski definition) is 4. The number of nitrogens with one attached hydrogen (secondary N) is 1. The molecule has 98 valence electrons. The average molecular weight is 288 g/mol. The van der Waals surface area contributed by atoms with Gasteiger partial charge in [-0.3, -0.25) is 4.79 Å². The van der Waals surface area contributed by atoms with Gasteiger partial charge in [-0.1, -0.05) is 17.7 Å². The summed E-state index contributed by atoms with van der Waals surface area (Å²) in [5, 5.41) is 3.18. The molecule has 6 heteroatoms. The molecule has 4 nitrogen and oxygen atoms in total. The quantitative estimate of drug-likeness (QED) is 0.666. The molecule has 1 aromatic rings. The highest BCUT2D eigenvalue weighted by atomic mass is 35.5. The number of esters is 1. The Hall–Kier alpha value is -1.20. The van der Waals surface area contributed by atoms with Gasteiger partial charge in [-0.2, -0.15) is 0 Å². The standard InChI is InChI=1S/C12H14ClNO3S/c1-8(15)14-11(12(16)17-2)7-18-10-5-3-4-9(13)6-10/h3-6,11H,7H2,1-2H3,(H,14,15)/t11-/m0/s1. The molecule has 0 radical (unpaired) electrons. The van der Waals surface area contributed by atoms with Crippen LogP contribution in [-0.2, 0) is 14.3 Å². The van der Waals surface area contributed by atoms with Crippen LogP contribution in [0.1, 0.15) is 6.92 Å². The van der Waals surface area contributed by atoms with Crippen LogP contribution in [0.15, 0.2) is 29.2 Å². The molecule has 1 aromatic carbocycles. The number of hydrogen-bond donors (Lipinski definition) is 1. The van der Waals surface area contributed by atoms with Crippen molar-refractivity contribution < 1.29 is 14.3 Å². The van der Waals surface area contributed by atoms with Crippen molar-refractivity contribution in [3.63, 3.8) is 0 Å². The molecule has 0 saturated heterocycles. The van der Waals surface area contributed by atoms with E-state index in [1.165, 1.54) is 25.8 Å². The van der Waals surface area contributed by atoms with Crippen LogP contribution in [0.3, 0.4) is 0 Å². The van der Waals surface area contributed by atoms with Crippen LogP contribution in [0.5, 0.6) is 0 Å². The lowest BCUT2D eigenvalue weighted by Gasteiger charge is -2.14. The summed E-state index contributed by atoms with van der Waals surface area (Å²) in [5.74, 6) is -0.330. The first kappa shape index (κ1) is 14.9. The second-order valence-electron chi connectivity index (χ2n) is 3.54. The van der Waals surface area contributed by atoms with E-state index in [9.17, 15) is 9.59 Å². The summed E-state index contributed by atoms with van der Waals surface area (Å²) in [6.45, 7) is 1.36. The van der Waals surface area contributed by atoms with Gasteiger partial charge in [0, 0.05) is 22.6 Å². The van der Waals surface area contributed by atoms with E-state index in [1.54, 1.807) is 12.1 Å². The van der Waals surface area contributed by atoms with Crippen LogP contribution in [-0.4, -0.2) is 30.8 Å². The topological polar surface area (TPSA) is 55.4 Å². The molecule has 0 bridgehead atoms. The smallest absolute Gasteiger partial charge is 0.329 e. The van der Waals surface area contributed by atoms with Crippen LogP contribution in [0.25, 0.3) is 0 Å². The molecule has 1 rings (SSSR count). The molecule has 0 unspecified atom stereocenters. The van der Waals surface area contributed by atoms with E-state index in [0.717, 1.165) is 4.90 Å². The molecular weight excluding hydrogens is 274 g/mol. The molecule has 0 saturated carbocycles. The zero-order chi connectivity index (χ0) is 13.5. The highest BCUT2D eigenvalue weighted by Crippen LogP contribution is 2.22. The van der Waals surface area contributed by atoms with Gasteiger partial charge >= 0.3 is 5.97 Å². The van der Waals surface area contributed by atoms with Crippen molar-refractivity contribution in [3.8, 4) is 0 Å². The molecule has 0 aliphatic rings. The first-order chi connectivity index (χ1) is 8.52. The number of carbonyl (C=O) groups is 2. The molecule has 0 aliphatic heterocycles. The van der Waals surface area contributed by atoms with Gasteiger partial charge in [0.2, 0.25) is 5.91 Å². The molecular formula is C12H14ClNO3S. The summed E-state index contributed by atoms with van der Waals surface area (Å²) < 4.78 is 4.63. The van der Waals surface area contributed by atoms with Crippen molar-refractivity contribution in [1.29, 1.82) is 0 Å². The maximum Gasteiger partial charge on any atom is 0.329 e. The van der Waals surface area contributed by atoms with E-state index in [2.05, 4.69) is 10.1 Å². The predicted molar refractivity (Wildman–Crippen MR) is 71.8 cm³/mol. The Kier molecular flexibility index (Phi) is 6.01. The van der Waals surface area contributed by atoms with Crippen molar-refractivity contribution in [2.45, 2.75) is 17.9 Å². The third-order valence-corrected chi connectivity index (χ3v) is 3.40. The Morgan fingerprint density at radius 2 is 2.22 bits per heavy atom. The SMILES string of the molecule is COC(=O)[C@H](CSc1cccc(Cl)c1)NC(C)=O. The number of halogens is 1. The molecule has 1 N–H and O–H groups in total. The van der Waals surface area contributed by atoms with Gasteiger partial charge in [0.25, 0.3) is 0 Å². The van der Waals surface area contributed by atoms with Crippen LogP contribution < -0.4 is 5.32 Å². The third kappa shape index (κ3) is 4.98. The molecule has 0 aliphatic carbocycles. The number of thioether (sulfide) groups is 1. The van der Waals surface area contributed by atoms with Gasteiger partial charge in [0.05, 0.1) is 7.11 Å². The Bertz CT molecular complexity index is 439. The fourth-order valence-electron chi connectivity index (χ4n) is 1.29. The number of rotatable bonds is 5. The van der Waals surface area contributed by atoms with Crippen LogP contribution >= 0.6 is 23.4 Å². The maximum atomic E-state index is 11.5. The summed E-state index contributed by atoms with van der Waals surface area (Å²) in [6, 6.07) is 6.64. The summed E-state index contributed by atoms with van der Waals surface area (Å²) in [6.07, 6.45) is 0. The monoisotopic (exact) mass is 287 g/mol. The third-order valence-electron chi connectivity index (χ3n) is 2.08. The van der Waals surface area contributed by atoms with E-state index in [4.69, 9.17) is 11.6 Å². The average Bonchev–Trinajstić information content (AvgIpc) is 2.33. The number of methoxy groups -OCH3 is 1. The Morgan fingerprint density at radius 1 is 1.50 bits per heavy atom. The maximum absolute atomic E-state index is 11.5. The summed E-state index contributed by atoms with van der Waals surface area (Å²) in [4.78, 5) is 23.4. The zero-order valence-electron chi connectivity index (χ0n) is 10.1. The van der Waals surface area contributed by atoms with Crippen molar-refractivity contribution in [1.82, 2.24) is 5.32 Å². The number of ether oxygens (including phenoxy) is 1. The van der Waals surface area contributed by atoms with Crippen molar-refractivity contribution in [2.24, 2.45) is 0 Å². The number of carbonyl (C=O) groups excluding carboxylic acids is 2. The fraction of sp³-hybridized carbons (Fsp3) is 0.333. The first-order valence-corrected chi connectivity index (χ1v) is 6.62. The van der Waals surface area contributed by atoms with E-state index in [1.807, 2.05) is 12.1 Å². The molecule has 0 aromatic heterocycles. The Labute approximate surface area is 115 Å². The minimum absolute atomic E-state index is 0.267. The molecule has 0 spiro atoms. The normalized spacial score (nSPS) is 11.7. The summed E-state index contributed by atoms with van der Waals surface area (Å²) >= 11 is 7.29. The van der Waals surface area contributed by atoms with Crippen molar-refractivity contribution >= 4 is 35.2 Å². The van der Waals surface area contributed by atoms with Crippen LogP contribution in [0, 0.1) is 0 Å². The van der Waals surface area contributed by atoms with Crippen molar-refractivity contribution in [3.05, 3.63) is 29.3 Å². The predicted octanol–water partition coefficient (Wildman–Crippen LogP) is 2.11. The van der Waals surface area contributed by atoms with E-state index < -0.39 is 12.0 Å². The first-order valence-electron chi connectivity index (χ1n) is 5.26. The van der Waals surface area contributed by atoms with E-state index in [0.29, 0.717) is 10.8 Å². The van der Waals surface area contributed by atoms with Crippen LogP contribution in [0.4, 0.5) is 0 Å². The number of amides is 1. The Balaban J connectivity index is 2.61. The lowest BCUT2D eigenvalue weighted by molar-refractivity contribution is -0.144. The van der Waals surface area contributed by atoms with Gasteiger partial charge in [0.15, 0.2) is 0 Å². The van der Waals surface area contributed by atoms with E-state index in [-0.39, 0.29) is 5.91 Å². The van der Waals surface area contributed by atoms with Gasteiger partial charge < -0.3 is 10.1 Å².